The van der Waals surface area contributed by atoms with E-state index in [2.05, 4.69) is 15.9 Å². The second-order valence-corrected chi connectivity index (χ2v) is 5.30. The van der Waals surface area contributed by atoms with Crippen molar-refractivity contribution < 1.29 is 22.6 Å². The molecular weight excluding hydrogens is 337 g/mol. The predicted octanol–water partition coefficient (Wildman–Crippen LogP) is 5.26. The largest absolute Gasteiger partial charge is 0.490 e. The van der Waals surface area contributed by atoms with Crippen LogP contribution in [0.5, 0.6) is 11.5 Å². The molecule has 2 nitrogen and oxygen atoms in total. The molecule has 0 fully saturated rings. The van der Waals surface area contributed by atoms with Gasteiger partial charge in [-0.25, -0.2) is 0 Å². The van der Waals surface area contributed by atoms with E-state index in [1.54, 1.807) is 18.2 Å². The fourth-order valence-corrected chi connectivity index (χ4v) is 2.23. The van der Waals surface area contributed by atoms with Crippen molar-refractivity contribution >= 4 is 15.9 Å². The van der Waals surface area contributed by atoms with Crippen molar-refractivity contribution in [2.24, 2.45) is 0 Å². The van der Waals surface area contributed by atoms with E-state index in [0.717, 1.165) is 5.56 Å². The number of benzene rings is 1. The standard InChI is InChI=1S/C14H18BrF3O2/c1-3-19-12-6-5-10(9-13(12)20-4-2)11(15)7-8-14(16,17)18/h5-6,9,11H,3-4,7-8H2,1-2H3. The van der Waals surface area contributed by atoms with E-state index in [-0.39, 0.29) is 11.2 Å². The van der Waals surface area contributed by atoms with Crippen LogP contribution in [0.15, 0.2) is 18.2 Å². The quantitative estimate of drug-likeness (QED) is 0.621. The van der Waals surface area contributed by atoms with Gasteiger partial charge in [-0.05, 0) is 38.0 Å². The van der Waals surface area contributed by atoms with Gasteiger partial charge < -0.3 is 9.47 Å². The molecule has 20 heavy (non-hydrogen) atoms. The summed E-state index contributed by atoms with van der Waals surface area (Å²) in [5.74, 6) is 1.16. The normalized spacial score (nSPS) is 13.1. The highest BCUT2D eigenvalue weighted by atomic mass is 79.9. The van der Waals surface area contributed by atoms with E-state index in [4.69, 9.17) is 9.47 Å². The molecule has 1 atom stereocenters. The Labute approximate surface area is 125 Å². The number of rotatable bonds is 7. The molecule has 0 radical (unpaired) electrons. The molecule has 1 aromatic rings. The molecule has 0 bridgehead atoms. The van der Waals surface area contributed by atoms with E-state index in [9.17, 15) is 13.2 Å². The van der Waals surface area contributed by atoms with Crippen LogP contribution < -0.4 is 9.47 Å². The smallest absolute Gasteiger partial charge is 0.389 e. The molecule has 0 aliphatic carbocycles. The maximum atomic E-state index is 12.2. The molecule has 114 valence electrons. The van der Waals surface area contributed by atoms with Crippen molar-refractivity contribution in [3.63, 3.8) is 0 Å². The number of ether oxygens (including phenoxy) is 2. The van der Waals surface area contributed by atoms with Gasteiger partial charge in [-0.15, -0.1) is 0 Å². The van der Waals surface area contributed by atoms with Crippen molar-refractivity contribution in [2.45, 2.75) is 37.7 Å². The first kappa shape index (κ1) is 17.1. The minimum atomic E-state index is -4.14. The summed E-state index contributed by atoms with van der Waals surface area (Å²) in [6.45, 7) is 4.68. The lowest BCUT2D eigenvalue weighted by Gasteiger charge is -2.16. The van der Waals surface area contributed by atoms with Crippen molar-refractivity contribution in [3.05, 3.63) is 23.8 Å². The average molecular weight is 355 g/mol. The SMILES string of the molecule is CCOc1ccc(C(Br)CCC(F)(F)F)cc1OCC. The maximum absolute atomic E-state index is 12.2. The first-order chi connectivity index (χ1) is 9.37. The minimum Gasteiger partial charge on any atom is -0.490 e. The van der Waals surface area contributed by atoms with E-state index in [0.29, 0.717) is 24.7 Å². The third-order valence-electron chi connectivity index (χ3n) is 2.61. The summed E-state index contributed by atoms with van der Waals surface area (Å²) in [6.07, 6.45) is -4.97. The molecule has 0 saturated carbocycles. The summed E-state index contributed by atoms with van der Waals surface area (Å²) in [6, 6.07) is 5.21. The van der Waals surface area contributed by atoms with Crippen LogP contribution in [0.25, 0.3) is 0 Å². The molecule has 0 aliphatic rings. The number of alkyl halides is 4. The van der Waals surface area contributed by atoms with Crippen LogP contribution in [0.3, 0.4) is 0 Å². The zero-order valence-corrected chi connectivity index (χ0v) is 13.1. The highest BCUT2D eigenvalue weighted by Crippen LogP contribution is 2.37. The van der Waals surface area contributed by atoms with Gasteiger partial charge in [0.1, 0.15) is 0 Å². The summed E-state index contributed by atoms with van der Waals surface area (Å²) >= 11 is 3.29. The molecule has 0 N–H and O–H groups in total. The van der Waals surface area contributed by atoms with Gasteiger partial charge in [-0.1, -0.05) is 22.0 Å². The van der Waals surface area contributed by atoms with E-state index >= 15 is 0 Å². The lowest BCUT2D eigenvalue weighted by Crippen LogP contribution is -2.08. The van der Waals surface area contributed by atoms with E-state index in [1.165, 1.54) is 0 Å². The number of hydrogen-bond acceptors (Lipinski definition) is 2. The Morgan fingerprint density at radius 2 is 1.70 bits per heavy atom. The Bertz CT molecular complexity index is 421. The van der Waals surface area contributed by atoms with Crippen molar-refractivity contribution in [2.75, 3.05) is 13.2 Å². The van der Waals surface area contributed by atoms with Gasteiger partial charge in [-0.2, -0.15) is 13.2 Å². The molecule has 0 aromatic heterocycles. The molecule has 0 heterocycles. The van der Waals surface area contributed by atoms with Crippen molar-refractivity contribution in [1.82, 2.24) is 0 Å². The second kappa shape index (κ2) is 7.76. The molecule has 1 aromatic carbocycles. The van der Waals surface area contributed by atoms with Gasteiger partial charge in [0.15, 0.2) is 11.5 Å². The van der Waals surface area contributed by atoms with Gasteiger partial charge in [0.2, 0.25) is 0 Å². The van der Waals surface area contributed by atoms with Crippen molar-refractivity contribution in [1.29, 1.82) is 0 Å². The van der Waals surface area contributed by atoms with Crippen LogP contribution in [0.2, 0.25) is 0 Å². The topological polar surface area (TPSA) is 18.5 Å². The highest BCUT2D eigenvalue weighted by molar-refractivity contribution is 9.09. The van der Waals surface area contributed by atoms with Crippen LogP contribution in [0.4, 0.5) is 13.2 Å². The van der Waals surface area contributed by atoms with Gasteiger partial charge in [0.05, 0.1) is 13.2 Å². The summed E-state index contributed by atoms with van der Waals surface area (Å²) in [4.78, 5) is -0.362. The fourth-order valence-electron chi connectivity index (χ4n) is 1.72. The zero-order chi connectivity index (χ0) is 15.2. The Morgan fingerprint density at radius 3 is 2.25 bits per heavy atom. The molecule has 1 unspecified atom stereocenters. The molecule has 0 spiro atoms. The summed E-state index contributed by atoms with van der Waals surface area (Å²) < 4.78 is 47.6. The Balaban J connectivity index is 2.82. The third-order valence-corrected chi connectivity index (χ3v) is 3.60. The predicted molar refractivity (Wildman–Crippen MR) is 75.7 cm³/mol. The Hall–Kier alpha value is -0.910. The van der Waals surface area contributed by atoms with Crippen LogP contribution in [-0.4, -0.2) is 19.4 Å². The molecule has 0 saturated heterocycles. The van der Waals surface area contributed by atoms with Gasteiger partial charge in [0.25, 0.3) is 0 Å². The molecule has 6 heteroatoms. The van der Waals surface area contributed by atoms with Crippen LogP contribution in [0, 0.1) is 0 Å². The first-order valence-electron chi connectivity index (χ1n) is 6.47. The van der Waals surface area contributed by atoms with Gasteiger partial charge >= 0.3 is 6.18 Å². The monoisotopic (exact) mass is 354 g/mol. The summed E-state index contributed by atoms with van der Waals surface area (Å²) in [7, 11) is 0. The fraction of sp³-hybridized carbons (Fsp3) is 0.571. The molecule has 1 rings (SSSR count). The molecule has 0 aliphatic heterocycles. The minimum absolute atomic E-state index is 0.0109. The Kier molecular flexibility index (Phi) is 6.65. The maximum Gasteiger partial charge on any atom is 0.389 e. The van der Waals surface area contributed by atoms with E-state index < -0.39 is 12.6 Å². The van der Waals surface area contributed by atoms with Gasteiger partial charge in [-0.3, -0.25) is 0 Å². The van der Waals surface area contributed by atoms with Crippen LogP contribution in [-0.2, 0) is 0 Å². The van der Waals surface area contributed by atoms with E-state index in [1.807, 2.05) is 13.8 Å². The average Bonchev–Trinajstić information content (AvgIpc) is 2.37. The Morgan fingerprint density at radius 1 is 1.10 bits per heavy atom. The zero-order valence-electron chi connectivity index (χ0n) is 11.5. The lowest BCUT2D eigenvalue weighted by atomic mass is 10.1. The lowest BCUT2D eigenvalue weighted by molar-refractivity contribution is -0.135. The van der Waals surface area contributed by atoms with Crippen LogP contribution in [0.1, 0.15) is 37.1 Å². The molecule has 0 amide bonds. The summed E-state index contributed by atoms with van der Waals surface area (Å²) in [5.41, 5.74) is 0.751. The number of halogens is 4. The highest BCUT2D eigenvalue weighted by Gasteiger charge is 2.28. The summed E-state index contributed by atoms with van der Waals surface area (Å²) in [5, 5.41) is 0. The third kappa shape index (κ3) is 5.61. The van der Waals surface area contributed by atoms with Gasteiger partial charge in [0, 0.05) is 11.2 Å². The first-order valence-corrected chi connectivity index (χ1v) is 7.39. The number of hydrogen-bond donors (Lipinski definition) is 0. The molecular formula is C14H18BrF3O2. The van der Waals surface area contributed by atoms with Crippen LogP contribution >= 0.6 is 15.9 Å². The van der Waals surface area contributed by atoms with Crippen molar-refractivity contribution in [3.8, 4) is 11.5 Å². The second-order valence-electron chi connectivity index (χ2n) is 4.19.